The largest absolute Gasteiger partial charge is 0.300 e. The van der Waals surface area contributed by atoms with E-state index in [9.17, 15) is 10.1 Å². The van der Waals surface area contributed by atoms with Gasteiger partial charge in [0.25, 0.3) is 5.69 Å². The van der Waals surface area contributed by atoms with E-state index < -0.39 is 4.92 Å². The minimum absolute atomic E-state index is 0.00475. The second-order valence-electron chi connectivity index (χ2n) is 8.74. The minimum Gasteiger partial charge on any atom is -0.300 e. The zero-order valence-corrected chi connectivity index (χ0v) is 23.4. The topological polar surface area (TPSA) is 136 Å². The summed E-state index contributed by atoms with van der Waals surface area (Å²) in [5, 5.41) is 21.4. The van der Waals surface area contributed by atoms with Crippen LogP contribution < -0.4 is 16.7 Å². The molecule has 10 nitrogen and oxygen atoms in total. The molecule has 0 atom stereocenters. The first-order chi connectivity index (χ1) is 19.9. The van der Waals surface area contributed by atoms with E-state index in [0.717, 1.165) is 33.1 Å². The van der Waals surface area contributed by atoms with Gasteiger partial charge in [0.1, 0.15) is 5.71 Å². The van der Waals surface area contributed by atoms with Crippen LogP contribution in [-0.2, 0) is 0 Å². The average molecular weight is 581 g/mol. The summed E-state index contributed by atoms with van der Waals surface area (Å²) in [5.74, 6) is 5.41. The summed E-state index contributed by atoms with van der Waals surface area (Å²) in [4.78, 5) is 16.4. The lowest BCUT2D eigenvalue weighted by molar-refractivity contribution is -0.384. The van der Waals surface area contributed by atoms with Gasteiger partial charge in [-0.05, 0) is 36.8 Å². The van der Waals surface area contributed by atoms with Crippen molar-refractivity contribution in [2.24, 2.45) is 10.9 Å². The second kappa shape index (κ2) is 12.4. The predicted octanol–water partition coefficient (Wildman–Crippen LogP) is 5.63. The zero-order chi connectivity index (χ0) is 28.8. The molecule has 12 heteroatoms. The van der Waals surface area contributed by atoms with Gasteiger partial charge >= 0.3 is 0 Å². The number of nitrogens with zero attached hydrogens (tertiary/aromatic N) is 5. The summed E-state index contributed by atoms with van der Waals surface area (Å²) in [7, 11) is 0. The van der Waals surface area contributed by atoms with Crippen molar-refractivity contribution < 1.29 is 4.92 Å². The van der Waals surface area contributed by atoms with Gasteiger partial charge in [-0.1, -0.05) is 90.2 Å². The molecule has 5 rings (SSSR count). The van der Waals surface area contributed by atoms with Crippen molar-refractivity contribution in [2.75, 3.05) is 0 Å². The highest BCUT2D eigenvalue weighted by atomic mass is 32.1. The number of non-ortho nitro benzene ring substituents is 1. The molecule has 41 heavy (non-hydrogen) atoms. The Bertz CT molecular complexity index is 1760. The van der Waals surface area contributed by atoms with Crippen LogP contribution in [0.2, 0.25) is 0 Å². The molecular formula is C29H24N8O2S2. The molecule has 0 bridgehead atoms. The molecule has 0 saturated heterocycles. The van der Waals surface area contributed by atoms with Crippen LogP contribution >= 0.6 is 23.6 Å². The van der Waals surface area contributed by atoms with Gasteiger partial charge in [-0.25, -0.2) is 15.5 Å². The SMILES string of the molecule is Cc1nc(-n2nc(-c3ccccc3)cc2-c2ccccc2)sc1C(/C=C\c1cccc([N+](=O)[O-])c1)=N\NC(=S)NN. The fraction of sp³-hybridized carbons (Fsp3) is 0.0345. The molecule has 0 amide bonds. The summed E-state index contributed by atoms with van der Waals surface area (Å²) >= 11 is 6.51. The maximum Gasteiger partial charge on any atom is 0.270 e. The fourth-order valence-electron chi connectivity index (χ4n) is 4.03. The summed E-state index contributed by atoms with van der Waals surface area (Å²) in [6.45, 7) is 1.88. The van der Waals surface area contributed by atoms with Gasteiger partial charge in [0.05, 0.1) is 26.9 Å². The van der Waals surface area contributed by atoms with E-state index in [1.54, 1.807) is 24.3 Å². The molecular weight excluding hydrogens is 557 g/mol. The van der Waals surface area contributed by atoms with E-state index in [2.05, 4.69) is 16.0 Å². The zero-order valence-electron chi connectivity index (χ0n) is 21.8. The molecule has 0 saturated carbocycles. The number of nitrogens with two attached hydrogens (primary N) is 1. The van der Waals surface area contributed by atoms with Crippen LogP contribution in [0.3, 0.4) is 0 Å². The number of thiocarbonyl (C=S) groups is 1. The Morgan fingerprint density at radius 3 is 2.44 bits per heavy atom. The molecule has 0 spiro atoms. The van der Waals surface area contributed by atoms with E-state index in [1.807, 2.05) is 78.3 Å². The number of aromatic nitrogens is 3. The number of allylic oxidation sites excluding steroid dienone is 1. The van der Waals surface area contributed by atoms with Crippen LogP contribution in [0, 0.1) is 17.0 Å². The standard InChI is InChI=1S/C29H24N8O2S2/c1-19-27(24(33-34-28(40)32-30)16-15-20-9-8-14-23(17-20)37(38)39)41-29(31-19)36-26(22-12-6-3-7-13-22)18-25(35-36)21-10-4-2-5-11-21/h2-18H,30H2,1H3,(H2,32,34,40)/b16-15-,33-24-. The molecule has 0 aliphatic rings. The molecule has 5 aromatic rings. The number of hydrogen-bond donors (Lipinski definition) is 3. The highest BCUT2D eigenvalue weighted by Gasteiger charge is 2.19. The second-order valence-corrected chi connectivity index (χ2v) is 10.1. The van der Waals surface area contributed by atoms with Gasteiger partial charge < -0.3 is 0 Å². The van der Waals surface area contributed by atoms with Crippen LogP contribution in [-0.4, -0.2) is 30.5 Å². The Hall–Kier alpha value is -5.04. The quantitative estimate of drug-likeness (QED) is 0.0706. The Kier molecular flexibility index (Phi) is 8.34. The van der Waals surface area contributed by atoms with E-state index >= 15 is 0 Å². The Morgan fingerprint density at radius 1 is 1.05 bits per heavy atom. The number of aryl methyl sites for hydroxylation is 1. The number of nitrogens with one attached hydrogen (secondary N) is 2. The van der Waals surface area contributed by atoms with Crippen molar-refractivity contribution in [3.05, 3.63) is 123 Å². The van der Waals surface area contributed by atoms with Crippen LogP contribution in [0.25, 0.3) is 33.7 Å². The molecule has 0 aliphatic heterocycles. The first-order valence-electron chi connectivity index (χ1n) is 12.4. The number of hydrazone groups is 1. The third-order valence-corrected chi connectivity index (χ3v) is 7.34. The summed E-state index contributed by atoms with van der Waals surface area (Å²) in [5.41, 5.74) is 10.6. The number of hydrazine groups is 1. The third kappa shape index (κ3) is 6.41. The highest BCUT2D eigenvalue weighted by Crippen LogP contribution is 2.31. The van der Waals surface area contributed by atoms with Gasteiger partial charge in [-0.2, -0.15) is 10.2 Å². The molecule has 0 fully saturated rings. The van der Waals surface area contributed by atoms with Gasteiger partial charge in [0.2, 0.25) is 10.2 Å². The smallest absolute Gasteiger partial charge is 0.270 e. The molecule has 2 aromatic heterocycles. The van der Waals surface area contributed by atoms with Gasteiger partial charge in [0, 0.05) is 23.3 Å². The maximum atomic E-state index is 11.2. The third-order valence-electron chi connectivity index (χ3n) is 5.97. The van der Waals surface area contributed by atoms with Crippen molar-refractivity contribution >= 4 is 46.1 Å². The van der Waals surface area contributed by atoms with Gasteiger partial charge in [-0.15, -0.1) is 0 Å². The van der Waals surface area contributed by atoms with Gasteiger partial charge in [-0.3, -0.25) is 21.0 Å². The van der Waals surface area contributed by atoms with E-state index in [-0.39, 0.29) is 10.8 Å². The maximum absolute atomic E-state index is 11.2. The number of benzene rings is 3. The number of hydrogen-bond acceptors (Lipinski definition) is 8. The summed E-state index contributed by atoms with van der Waals surface area (Å²) in [6, 6.07) is 28.3. The Labute approximate surface area is 245 Å². The first kappa shape index (κ1) is 27.5. The molecule has 204 valence electrons. The molecule has 2 heterocycles. The van der Waals surface area contributed by atoms with Crippen molar-refractivity contribution in [1.82, 2.24) is 25.6 Å². The van der Waals surface area contributed by atoms with Crippen LogP contribution in [0.1, 0.15) is 16.1 Å². The molecule has 0 radical (unpaired) electrons. The summed E-state index contributed by atoms with van der Waals surface area (Å²) in [6.07, 6.45) is 3.48. The minimum atomic E-state index is -0.434. The number of rotatable bonds is 8. The Morgan fingerprint density at radius 2 is 1.76 bits per heavy atom. The molecule has 0 unspecified atom stereocenters. The van der Waals surface area contributed by atoms with E-state index in [4.69, 9.17) is 28.1 Å². The fourth-order valence-corrected chi connectivity index (χ4v) is 5.07. The van der Waals surface area contributed by atoms with Crippen molar-refractivity contribution in [1.29, 1.82) is 0 Å². The van der Waals surface area contributed by atoms with Crippen molar-refractivity contribution in [3.8, 4) is 27.6 Å². The normalized spacial score (nSPS) is 11.5. The highest BCUT2D eigenvalue weighted by molar-refractivity contribution is 7.80. The monoisotopic (exact) mass is 580 g/mol. The van der Waals surface area contributed by atoms with Crippen LogP contribution in [0.5, 0.6) is 0 Å². The predicted molar refractivity (Wildman–Crippen MR) is 167 cm³/mol. The molecule has 0 aliphatic carbocycles. The van der Waals surface area contributed by atoms with E-state index in [1.165, 1.54) is 23.5 Å². The number of thiazole rings is 1. The summed E-state index contributed by atoms with van der Waals surface area (Å²) < 4.78 is 1.83. The Balaban J connectivity index is 1.58. The van der Waals surface area contributed by atoms with Crippen LogP contribution in [0.15, 0.2) is 102 Å². The average Bonchev–Trinajstić information content (AvgIpc) is 3.62. The van der Waals surface area contributed by atoms with Crippen molar-refractivity contribution in [3.63, 3.8) is 0 Å². The lowest BCUT2D eigenvalue weighted by atomic mass is 10.1. The first-order valence-corrected chi connectivity index (χ1v) is 13.6. The lowest BCUT2D eigenvalue weighted by Gasteiger charge is -2.04. The lowest BCUT2D eigenvalue weighted by Crippen LogP contribution is -2.37. The van der Waals surface area contributed by atoms with Crippen LogP contribution in [0.4, 0.5) is 5.69 Å². The molecule has 4 N–H and O–H groups in total. The van der Waals surface area contributed by atoms with E-state index in [0.29, 0.717) is 16.4 Å². The number of nitro groups is 1. The number of nitro benzene ring substituents is 1. The molecule has 3 aromatic carbocycles. The van der Waals surface area contributed by atoms with Gasteiger partial charge in [0.15, 0.2) is 0 Å². The van der Waals surface area contributed by atoms with Crippen molar-refractivity contribution in [2.45, 2.75) is 6.92 Å².